The highest BCUT2D eigenvalue weighted by Crippen LogP contribution is 2.42. The summed E-state index contributed by atoms with van der Waals surface area (Å²) in [6.45, 7) is 6.26. The lowest BCUT2D eigenvalue weighted by molar-refractivity contribution is 0.0918. The Hall–Kier alpha value is -2.76. The molecule has 0 radical (unpaired) electrons. The van der Waals surface area contributed by atoms with Crippen molar-refractivity contribution in [1.29, 1.82) is 0 Å². The fourth-order valence-electron chi connectivity index (χ4n) is 3.88. The normalized spacial score (nSPS) is 18.7. The van der Waals surface area contributed by atoms with Crippen LogP contribution in [-0.2, 0) is 13.5 Å². The van der Waals surface area contributed by atoms with Crippen LogP contribution in [0.4, 0.5) is 0 Å². The van der Waals surface area contributed by atoms with Crippen LogP contribution in [0.2, 0.25) is 0 Å². The number of nitrogens with zero attached hydrogens (tertiary/aromatic N) is 1. The predicted molar refractivity (Wildman–Crippen MR) is 97.2 cm³/mol. The number of amides is 1. The number of carbonyl (C=O) groups is 1. The van der Waals surface area contributed by atoms with Gasteiger partial charge in [-0.2, -0.15) is 0 Å². The lowest BCUT2D eigenvalue weighted by atomic mass is 9.74. The summed E-state index contributed by atoms with van der Waals surface area (Å²) in [5.74, 6) is 1.06. The third-order valence-electron chi connectivity index (χ3n) is 5.10. The van der Waals surface area contributed by atoms with Crippen LogP contribution in [0.25, 0.3) is 11.1 Å². The molecule has 0 aliphatic heterocycles. The van der Waals surface area contributed by atoms with E-state index < -0.39 is 5.76 Å². The first-order valence-corrected chi connectivity index (χ1v) is 8.74. The zero-order valence-electron chi connectivity index (χ0n) is 15.4. The largest absolute Gasteiger partial charge is 0.466 e. The van der Waals surface area contributed by atoms with Crippen LogP contribution in [0.3, 0.4) is 0 Å². The van der Waals surface area contributed by atoms with Gasteiger partial charge in [-0.25, -0.2) is 4.79 Å². The number of oxazole rings is 1. The Morgan fingerprint density at radius 2 is 2.08 bits per heavy atom. The summed E-state index contributed by atoms with van der Waals surface area (Å²) in [6.07, 6.45) is 1.67. The SMILES string of the molecule is Cc1cc2c(o1)CC(C)(C)CC2NC(=O)c1cccc2c1oc(=O)n2C. The minimum Gasteiger partial charge on any atom is -0.466 e. The topological polar surface area (TPSA) is 77.4 Å². The third-order valence-corrected chi connectivity index (χ3v) is 5.10. The van der Waals surface area contributed by atoms with Gasteiger partial charge in [0, 0.05) is 19.0 Å². The number of benzene rings is 1. The second-order valence-corrected chi connectivity index (χ2v) is 7.89. The molecule has 1 atom stereocenters. The van der Waals surface area contributed by atoms with Crippen LogP contribution in [0.1, 0.15) is 53.8 Å². The molecular formula is C20H22N2O4. The Labute approximate surface area is 150 Å². The van der Waals surface area contributed by atoms with E-state index in [2.05, 4.69) is 19.2 Å². The molecule has 0 spiro atoms. The van der Waals surface area contributed by atoms with Gasteiger partial charge in [-0.1, -0.05) is 19.9 Å². The molecule has 0 bridgehead atoms. The summed E-state index contributed by atoms with van der Waals surface area (Å²) in [6, 6.07) is 7.06. The van der Waals surface area contributed by atoms with Crippen molar-refractivity contribution in [2.24, 2.45) is 12.5 Å². The lowest BCUT2D eigenvalue weighted by Gasteiger charge is -2.34. The molecule has 1 amide bonds. The number of furan rings is 1. The van der Waals surface area contributed by atoms with Gasteiger partial charge in [0.25, 0.3) is 5.91 Å². The molecule has 0 fully saturated rings. The maximum absolute atomic E-state index is 13.0. The number of hydrogen-bond donors (Lipinski definition) is 1. The Morgan fingerprint density at radius 1 is 1.31 bits per heavy atom. The van der Waals surface area contributed by atoms with Crippen molar-refractivity contribution < 1.29 is 13.6 Å². The number of fused-ring (bicyclic) bond motifs is 2. The van der Waals surface area contributed by atoms with E-state index in [1.165, 1.54) is 4.57 Å². The summed E-state index contributed by atoms with van der Waals surface area (Å²) < 4.78 is 12.5. The Balaban J connectivity index is 1.71. The van der Waals surface area contributed by atoms with Crippen molar-refractivity contribution in [2.75, 3.05) is 0 Å². The molecule has 1 unspecified atom stereocenters. The van der Waals surface area contributed by atoms with Crippen LogP contribution in [0.5, 0.6) is 0 Å². The van der Waals surface area contributed by atoms with Crippen molar-refractivity contribution in [3.8, 4) is 0 Å². The van der Waals surface area contributed by atoms with Gasteiger partial charge >= 0.3 is 5.76 Å². The second-order valence-electron chi connectivity index (χ2n) is 7.89. The summed E-state index contributed by atoms with van der Waals surface area (Å²) in [5, 5.41) is 3.11. The molecule has 0 saturated carbocycles. The zero-order valence-corrected chi connectivity index (χ0v) is 15.4. The molecule has 2 aromatic heterocycles. The Morgan fingerprint density at radius 3 is 2.85 bits per heavy atom. The number of nitrogens with one attached hydrogen (secondary N) is 1. The highest BCUT2D eigenvalue weighted by molar-refractivity contribution is 6.04. The molecule has 6 nitrogen and oxygen atoms in total. The molecule has 2 heterocycles. The van der Waals surface area contributed by atoms with Gasteiger partial charge in [-0.05, 0) is 37.0 Å². The molecule has 0 saturated heterocycles. The van der Waals surface area contributed by atoms with E-state index in [1.54, 1.807) is 25.2 Å². The van der Waals surface area contributed by atoms with Crippen LogP contribution < -0.4 is 11.1 Å². The van der Waals surface area contributed by atoms with E-state index in [4.69, 9.17) is 8.83 Å². The number of rotatable bonds is 2. The molecule has 1 aliphatic carbocycles. The summed E-state index contributed by atoms with van der Waals surface area (Å²) in [5.41, 5.74) is 2.35. The van der Waals surface area contributed by atoms with Crippen molar-refractivity contribution in [3.63, 3.8) is 0 Å². The van der Waals surface area contributed by atoms with Crippen LogP contribution >= 0.6 is 0 Å². The predicted octanol–water partition coefficient (Wildman–Crippen LogP) is 3.48. The van der Waals surface area contributed by atoms with E-state index in [0.29, 0.717) is 16.7 Å². The molecule has 1 aromatic carbocycles. The monoisotopic (exact) mass is 354 g/mol. The highest BCUT2D eigenvalue weighted by Gasteiger charge is 2.36. The standard InChI is InChI=1S/C20H22N2O4/c1-11-8-13-14(9-20(2,3)10-16(13)25-11)21-18(23)12-6-5-7-15-17(12)26-19(24)22(15)4/h5-8,14H,9-10H2,1-4H3,(H,21,23). The maximum Gasteiger partial charge on any atom is 0.419 e. The molecule has 6 heteroatoms. The molecule has 136 valence electrons. The molecular weight excluding hydrogens is 332 g/mol. The van der Waals surface area contributed by atoms with Crippen LogP contribution in [0, 0.1) is 12.3 Å². The fourth-order valence-corrected chi connectivity index (χ4v) is 3.88. The second kappa shape index (κ2) is 5.62. The minimum absolute atomic E-state index is 0.0283. The average Bonchev–Trinajstić information content (AvgIpc) is 3.06. The van der Waals surface area contributed by atoms with Crippen LogP contribution in [-0.4, -0.2) is 10.5 Å². The smallest absolute Gasteiger partial charge is 0.419 e. The van der Waals surface area contributed by atoms with Gasteiger partial charge in [0.15, 0.2) is 5.58 Å². The van der Waals surface area contributed by atoms with E-state index in [-0.39, 0.29) is 17.4 Å². The van der Waals surface area contributed by atoms with Gasteiger partial charge in [-0.15, -0.1) is 0 Å². The van der Waals surface area contributed by atoms with E-state index >= 15 is 0 Å². The molecule has 4 rings (SSSR count). The third kappa shape index (κ3) is 2.66. The van der Waals surface area contributed by atoms with Gasteiger partial charge in [0.05, 0.1) is 17.1 Å². The van der Waals surface area contributed by atoms with Crippen LogP contribution in [0.15, 0.2) is 37.9 Å². The molecule has 1 N–H and O–H groups in total. The van der Waals surface area contributed by atoms with Crippen molar-refractivity contribution in [3.05, 3.63) is 57.5 Å². The highest BCUT2D eigenvalue weighted by atomic mass is 16.4. The first kappa shape index (κ1) is 16.7. The minimum atomic E-state index is -0.480. The fraction of sp³-hybridized carbons (Fsp3) is 0.400. The average molecular weight is 354 g/mol. The van der Waals surface area contributed by atoms with E-state index in [0.717, 1.165) is 29.9 Å². The number of hydrogen-bond acceptors (Lipinski definition) is 4. The summed E-state index contributed by atoms with van der Waals surface area (Å²) in [4.78, 5) is 24.8. The number of carbonyl (C=O) groups excluding carboxylic acids is 1. The van der Waals surface area contributed by atoms with Gasteiger partial charge in [0.2, 0.25) is 0 Å². The number of aromatic nitrogens is 1. The van der Waals surface area contributed by atoms with Crippen molar-refractivity contribution >= 4 is 17.0 Å². The van der Waals surface area contributed by atoms with E-state index in [1.807, 2.05) is 13.0 Å². The molecule has 1 aliphatic rings. The number of aryl methyl sites for hydroxylation is 2. The maximum atomic E-state index is 13.0. The summed E-state index contributed by atoms with van der Waals surface area (Å²) >= 11 is 0. The lowest BCUT2D eigenvalue weighted by Crippen LogP contribution is -2.36. The zero-order chi connectivity index (χ0) is 18.6. The first-order chi connectivity index (χ1) is 12.2. The Kier molecular flexibility index (Phi) is 3.61. The molecule has 26 heavy (non-hydrogen) atoms. The quantitative estimate of drug-likeness (QED) is 0.764. The first-order valence-electron chi connectivity index (χ1n) is 8.74. The van der Waals surface area contributed by atoms with E-state index in [9.17, 15) is 9.59 Å². The van der Waals surface area contributed by atoms with Gasteiger partial charge in [0.1, 0.15) is 11.5 Å². The Bertz CT molecular complexity index is 1070. The van der Waals surface area contributed by atoms with Crippen molar-refractivity contribution in [2.45, 2.75) is 39.7 Å². The van der Waals surface area contributed by atoms with Crippen molar-refractivity contribution in [1.82, 2.24) is 9.88 Å². The van der Waals surface area contributed by atoms with Gasteiger partial charge in [-0.3, -0.25) is 9.36 Å². The summed E-state index contributed by atoms with van der Waals surface area (Å²) in [7, 11) is 1.63. The van der Waals surface area contributed by atoms with Gasteiger partial charge < -0.3 is 14.2 Å². The molecule has 3 aromatic rings. The number of para-hydroxylation sites is 1.